The molecule has 1 aliphatic rings. The molecule has 2 unspecified atom stereocenters. The molecule has 1 fully saturated rings. The fraction of sp³-hybridized carbons (Fsp3) is 0.619. The molecule has 25 heavy (non-hydrogen) atoms. The third kappa shape index (κ3) is 4.89. The van der Waals surface area contributed by atoms with Crippen LogP contribution in [0.25, 0.3) is 10.7 Å². The van der Waals surface area contributed by atoms with Crippen LogP contribution in [0.4, 0.5) is 0 Å². The molecule has 0 saturated carbocycles. The summed E-state index contributed by atoms with van der Waals surface area (Å²) in [6.45, 7) is 13.1. The van der Waals surface area contributed by atoms with Crippen molar-refractivity contribution in [2.45, 2.75) is 53.5 Å². The molecule has 3 rings (SSSR count). The highest BCUT2D eigenvalue weighted by Crippen LogP contribution is 2.38. The van der Waals surface area contributed by atoms with Crippen LogP contribution in [0.1, 0.15) is 51.8 Å². The Morgan fingerprint density at radius 1 is 1.16 bits per heavy atom. The van der Waals surface area contributed by atoms with Gasteiger partial charge in [-0.2, -0.15) is 0 Å². The van der Waals surface area contributed by atoms with Gasteiger partial charge in [0.2, 0.25) is 0 Å². The summed E-state index contributed by atoms with van der Waals surface area (Å²) < 4.78 is 0. The van der Waals surface area contributed by atoms with Gasteiger partial charge >= 0.3 is 0 Å². The lowest BCUT2D eigenvalue weighted by Gasteiger charge is -2.43. The first-order chi connectivity index (χ1) is 12.0. The van der Waals surface area contributed by atoms with Crippen molar-refractivity contribution in [2.75, 3.05) is 13.1 Å². The minimum absolute atomic E-state index is 0.392. The van der Waals surface area contributed by atoms with Crippen LogP contribution in [0, 0.1) is 17.3 Å². The molecule has 0 aliphatic carbocycles. The lowest BCUT2D eigenvalue weighted by Crippen LogP contribution is -2.44. The van der Waals surface area contributed by atoms with Gasteiger partial charge in [0, 0.05) is 36.9 Å². The number of rotatable bonds is 5. The molecule has 2 atom stereocenters. The summed E-state index contributed by atoms with van der Waals surface area (Å²) in [6, 6.07) is 6.29. The van der Waals surface area contributed by atoms with Crippen LogP contribution < -0.4 is 0 Å². The summed E-state index contributed by atoms with van der Waals surface area (Å²) in [4.78, 5) is 14.0. The van der Waals surface area contributed by atoms with E-state index in [2.05, 4.69) is 54.7 Å². The smallest absolute Gasteiger partial charge is 0.169 e. The predicted octanol–water partition coefficient (Wildman–Crippen LogP) is 5.49. The molecule has 4 heteroatoms. The van der Waals surface area contributed by atoms with Gasteiger partial charge in [-0.05, 0) is 48.3 Å². The quantitative estimate of drug-likeness (QED) is 0.708. The molecule has 0 N–H and O–H groups in total. The van der Waals surface area contributed by atoms with E-state index in [1.54, 1.807) is 0 Å². The number of hydrogen-bond donors (Lipinski definition) is 0. The van der Waals surface area contributed by atoms with Crippen LogP contribution in [0.3, 0.4) is 0 Å². The van der Waals surface area contributed by atoms with Gasteiger partial charge in [0.15, 0.2) is 5.82 Å². The van der Waals surface area contributed by atoms with Crippen molar-refractivity contribution in [3.63, 3.8) is 0 Å². The molecule has 136 valence electrons. The van der Waals surface area contributed by atoms with E-state index >= 15 is 0 Å². The molecule has 1 saturated heterocycles. The second-order valence-corrected chi connectivity index (χ2v) is 9.65. The Kier molecular flexibility index (Phi) is 5.90. The maximum absolute atomic E-state index is 4.38. The zero-order valence-corrected chi connectivity index (χ0v) is 16.9. The fourth-order valence-corrected chi connectivity index (χ4v) is 4.90. The maximum atomic E-state index is 4.38. The van der Waals surface area contributed by atoms with Crippen LogP contribution in [0.15, 0.2) is 30.6 Å². The van der Waals surface area contributed by atoms with Crippen molar-refractivity contribution >= 4 is 11.3 Å². The van der Waals surface area contributed by atoms with Crippen LogP contribution in [0.2, 0.25) is 0 Å². The van der Waals surface area contributed by atoms with Crippen molar-refractivity contribution in [3.8, 4) is 10.7 Å². The molecule has 2 aromatic heterocycles. The van der Waals surface area contributed by atoms with Crippen LogP contribution in [0.5, 0.6) is 0 Å². The van der Waals surface area contributed by atoms with Gasteiger partial charge < -0.3 is 0 Å². The minimum Gasteiger partial charge on any atom is -0.298 e. The first-order valence-corrected chi connectivity index (χ1v) is 10.4. The molecule has 0 radical (unpaired) electrons. The van der Waals surface area contributed by atoms with Crippen molar-refractivity contribution in [3.05, 3.63) is 35.5 Å². The van der Waals surface area contributed by atoms with Crippen LogP contribution >= 0.6 is 11.3 Å². The fourth-order valence-electron chi connectivity index (χ4n) is 3.91. The van der Waals surface area contributed by atoms with E-state index in [9.17, 15) is 0 Å². The van der Waals surface area contributed by atoms with Gasteiger partial charge in [-0.25, -0.2) is 9.97 Å². The highest BCUT2D eigenvalue weighted by molar-refractivity contribution is 7.15. The molecule has 0 aromatic carbocycles. The maximum Gasteiger partial charge on any atom is 0.169 e. The lowest BCUT2D eigenvalue weighted by molar-refractivity contribution is 0.0550. The Hall–Kier alpha value is -1.26. The van der Waals surface area contributed by atoms with Gasteiger partial charge in [-0.1, -0.05) is 34.1 Å². The van der Waals surface area contributed by atoms with E-state index in [0.29, 0.717) is 5.41 Å². The summed E-state index contributed by atoms with van der Waals surface area (Å²) in [5, 5.41) is 0. The Morgan fingerprint density at radius 3 is 2.60 bits per heavy atom. The number of thiophene rings is 1. The van der Waals surface area contributed by atoms with E-state index in [-0.39, 0.29) is 0 Å². The van der Waals surface area contributed by atoms with Crippen molar-refractivity contribution in [2.24, 2.45) is 17.3 Å². The average Bonchev–Trinajstić information content (AvgIpc) is 3.03. The minimum atomic E-state index is 0.392. The highest BCUT2D eigenvalue weighted by Gasteiger charge is 2.33. The number of piperidine rings is 1. The second kappa shape index (κ2) is 7.96. The predicted molar refractivity (Wildman–Crippen MR) is 107 cm³/mol. The number of aromatic nitrogens is 2. The molecular formula is C21H31N3S. The highest BCUT2D eigenvalue weighted by atomic mass is 32.1. The normalized spacial score (nSPS) is 22.2. The zero-order valence-electron chi connectivity index (χ0n) is 16.0. The molecule has 3 nitrogen and oxygen atoms in total. The SMILES string of the molecule is CCCC1CC(C(C)(C)C)CN(Cc2ccc(-c3ncccn3)s2)C1. The van der Waals surface area contributed by atoms with Crippen molar-refractivity contribution in [1.29, 1.82) is 0 Å². The standard InChI is InChI=1S/C21H31N3S/c1-5-7-16-12-17(21(2,3)4)14-24(13-16)15-18-8-9-19(25-18)20-22-10-6-11-23-20/h6,8-11,16-17H,5,7,12-15H2,1-4H3. The number of likely N-dealkylation sites (tertiary alicyclic amines) is 1. The first-order valence-electron chi connectivity index (χ1n) is 9.54. The summed E-state index contributed by atoms with van der Waals surface area (Å²) in [7, 11) is 0. The molecule has 0 amide bonds. The Bertz CT molecular complexity index is 659. The number of hydrogen-bond acceptors (Lipinski definition) is 4. The lowest BCUT2D eigenvalue weighted by atomic mass is 9.72. The second-order valence-electron chi connectivity index (χ2n) is 8.49. The largest absolute Gasteiger partial charge is 0.298 e. The Morgan fingerprint density at radius 2 is 1.92 bits per heavy atom. The van der Waals surface area contributed by atoms with Gasteiger partial charge in [0.1, 0.15) is 0 Å². The topological polar surface area (TPSA) is 29.0 Å². The van der Waals surface area contributed by atoms with E-state index in [4.69, 9.17) is 0 Å². The molecule has 0 spiro atoms. The van der Waals surface area contributed by atoms with Crippen LogP contribution in [-0.2, 0) is 6.54 Å². The molecular weight excluding hydrogens is 326 g/mol. The molecule has 0 bridgehead atoms. The average molecular weight is 358 g/mol. The summed E-state index contributed by atoms with van der Waals surface area (Å²) in [6.07, 6.45) is 7.67. The Labute approximate surface area is 156 Å². The van der Waals surface area contributed by atoms with Gasteiger partial charge in [0.05, 0.1) is 4.88 Å². The van der Waals surface area contributed by atoms with E-state index in [1.807, 2.05) is 29.8 Å². The summed E-state index contributed by atoms with van der Waals surface area (Å²) in [5.41, 5.74) is 0.392. The van der Waals surface area contributed by atoms with E-state index < -0.39 is 0 Å². The van der Waals surface area contributed by atoms with Gasteiger partial charge in [-0.3, -0.25) is 4.90 Å². The van der Waals surface area contributed by atoms with Crippen molar-refractivity contribution < 1.29 is 0 Å². The van der Waals surface area contributed by atoms with E-state index in [1.165, 1.54) is 42.1 Å². The zero-order chi connectivity index (χ0) is 17.9. The molecule has 3 heterocycles. The van der Waals surface area contributed by atoms with Crippen molar-refractivity contribution in [1.82, 2.24) is 14.9 Å². The molecule has 2 aromatic rings. The third-order valence-electron chi connectivity index (χ3n) is 5.36. The summed E-state index contributed by atoms with van der Waals surface area (Å²) >= 11 is 1.84. The monoisotopic (exact) mass is 357 g/mol. The molecule has 1 aliphatic heterocycles. The summed E-state index contributed by atoms with van der Waals surface area (Å²) in [5.74, 6) is 2.48. The first kappa shape index (κ1) is 18.5. The van der Waals surface area contributed by atoms with Crippen LogP contribution in [-0.4, -0.2) is 28.0 Å². The Balaban J connectivity index is 1.69. The van der Waals surface area contributed by atoms with E-state index in [0.717, 1.165) is 24.2 Å². The van der Waals surface area contributed by atoms with Gasteiger partial charge in [-0.15, -0.1) is 11.3 Å². The van der Waals surface area contributed by atoms with Gasteiger partial charge in [0.25, 0.3) is 0 Å². The third-order valence-corrected chi connectivity index (χ3v) is 6.43. The number of nitrogens with zero attached hydrogens (tertiary/aromatic N) is 3.